The van der Waals surface area contributed by atoms with Gasteiger partial charge in [-0.05, 0) is 24.6 Å². The van der Waals surface area contributed by atoms with Crippen LogP contribution in [0.2, 0.25) is 0 Å². The molecule has 0 aliphatic rings. The van der Waals surface area contributed by atoms with Crippen LogP contribution in [0.3, 0.4) is 0 Å². The van der Waals surface area contributed by atoms with E-state index in [9.17, 15) is 9.59 Å². The van der Waals surface area contributed by atoms with E-state index < -0.39 is 11.5 Å². The average Bonchev–Trinajstić information content (AvgIpc) is 2.30. The van der Waals surface area contributed by atoms with Crippen molar-refractivity contribution in [3.8, 4) is 0 Å². The van der Waals surface area contributed by atoms with Crippen LogP contribution in [0.1, 0.15) is 19.4 Å². The molecule has 3 N–H and O–H groups in total. The zero-order valence-corrected chi connectivity index (χ0v) is 10.8. The number of ether oxygens (including phenoxy) is 1. The molecule has 0 heterocycles. The van der Waals surface area contributed by atoms with Gasteiger partial charge in [-0.2, -0.15) is 0 Å². The molecule has 98 valence electrons. The van der Waals surface area contributed by atoms with Gasteiger partial charge >= 0.3 is 5.97 Å². The third-order valence-corrected chi connectivity index (χ3v) is 2.63. The number of methoxy groups -OCH3 is 1. The Hall–Kier alpha value is -2.04. The zero-order chi connectivity index (χ0) is 13.8. The van der Waals surface area contributed by atoms with Gasteiger partial charge in [-0.15, -0.1) is 0 Å². The molecule has 0 aromatic heterocycles. The quantitative estimate of drug-likeness (QED) is 0.614. The predicted molar refractivity (Wildman–Crippen MR) is 68.8 cm³/mol. The lowest BCUT2D eigenvalue weighted by Crippen LogP contribution is -2.53. The minimum Gasteiger partial charge on any atom is -0.467 e. The fraction of sp³-hybridized carbons (Fsp3) is 0.385. The maximum absolute atomic E-state index is 11.8. The minimum absolute atomic E-state index is 0.279. The van der Waals surface area contributed by atoms with Crippen molar-refractivity contribution in [1.29, 1.82) is 0 Å². The molecule has 0 radical (unpaired) electrons. The maximum atomic E-state index is 11.8. The molecule has 0 fully saturated rings. The molecule has 0 saturated carbocycles. The molecule has 1 unspecified atom stereocenters. The number of hydrogen-bond donors (Lipinski definition) is 2. The molecule has 0 bridgehead atoms. The summed E-state index contributed by atoms with van der Waals surface area (Å²) in [6.45, 7) is 3.00. The van der Waals surface area contributed by atoms with Gasteiger partial charge in [0.1, 0.15) is 5.54 Å². The predicted octanol–water partition coefficient (Wildman–Crippen LogP) is 0.879. The highest BCUT2D eigenvalue weighted by atomic mass is 16.5. The van der Waals surface area contributed by atoms with Crippen LogP contribution in [0, 0.1) is 0 Å². The van der Waals surface area contributed by atoms with Gasteiger partial charge in [-0.1, -0.05) is 12.1 Å². The van der Waals surface area contributed by atoms with Crippen molar-refractivity contribution in [3.63, 3.8) is 0 Å². The summed E-state index contributed by atoms with van der Waals surface area (Å²) < 4.78 is 4.73. The van der Waals surface area contributed by atoms with Gasteiger partial charge in [0.2, 0.25) is 5.91 Å². The van der Waals surface area contributed by atoms with Crippen LogP contribution in [0.4, 0.5) is 5.69 Å². The maximum Gasteiger partial charge on any atom is 0.331 e. The highest BCUT2D eigenvalue weighted by molar-refractivity contribution is 5.87. The van der Waals surface area contributed by atoms with Crippen molar-refractivity contribution in [2.24, 2.45) is 0 Å². The topological polar surface area (TPSA) is 81.4 Å². The van der Waals surface area contributed by atoms with Crippen molar-refractivity contribution in [3.05, 3.63) is 29.8 Å². The molecular formula is C13H18N2O3. The Labute approximate surface area is 106 Å². The lowest BCUT2D eigenvalue weighted by Gasteiger charge is -2.27. The molecule has 1 rings (SSSR count). The molecular weight excluding hydrogens is 232 g/mol. The molecule has 0 spiro atoms. The summed E-state index contributed by atoms with van der Waals surface area (Å²) in [7, 11) is 1.30. The summed E-state index contributed by atoms with van der Waals surface area (Å²) >= 11 is 0. The van der Waals surface area contributed by atoms with E-state index in [4.69, 9.17) is 10.5 Å². The third kappa shape index (κ3) is 3.48. The lowest BCUT2D eigenvalue weighted by molar-refractivity contribution is -0.149. The van der Waals surface area contributed by atoms with E-state index in [1.54, 1.807) is 19.1 Å². The van der Waals surface area contributed by atoms with Gasteiger partial charge in [0.15, 0.2) is 0 Å². The smallest absolute Gasteiger partial charge is 0.331 e. The van der Waals surface area contributed by atoms with Gasteiger partial charge in [-0.25, -0.2) is 4.79 Å². The first-order valence-corrected chi connectivity index (χ1v) is 5.59. The molecule has 5 heteroatoms. The normalized spacial score (nSPS) is 13.5. The Morgan fingerprint density at radius 2 is 1.89 bits per heavy atom. The summed E-state index contributed by atoms with van der Waals surface area (Å²) in [5.74, 6) is -0.757. The lowest BCUT2D eigenvalue weighted by atomic mass is 9.92. The van der Waals surface area contributed by atoms with Crippen molar-refractivity contribution in [2.75, 3.05) is 12.8 Å². The average molecular weight is 250 g/mol. The largest absolute Gasteiger partial charge is 0.467 e. The number of esters is 1. The Bertz CT molecular complexity index is 442. The van der Waals surface area contributed by atoms with E-state index in [0.29, 0.717) is 12.1 Å². The molecule has 1 aromatic carbocycles. The van der Waals surface area contributed by atoms with E-state index in [1.165, 1.54) is 14.0 Å². The second kappa shape index (κ2) is 5.53. The van der Waals surface area contributed by atoms with Gasteiger partial charge < -0.3 is 15.8 Å². The van der Waals surface area contributed by atoms with Gasteiger partial charge in [0.05, 0.1) is 7.11 Å². The SMILES string of the molecule is COC(=O)C(C)(Cc1ccc(N)cc1)NC(C)=O. The van der Waals surface area contributed by atoms with Crippen LogP contribution in [-0.4, -0.2) is 24.5 Å². The number of amides is 1. The Balaban J connectivity index is 2.94. The fourth-order valence-electron chi connectivity index (χ4n) is 1.82. The zero-order valence-electron chi connectivity index (χ0n) is 10.8. The van der Waals surface area contributed by atoms with E-state index in [-0.39, 0.29) is 5.91 Å². The summed E-state index contributed by atoms with van der Waals surface area (Å²) in [6, 6.07) is 7.14. The van der Waals surface area contributed by atoms with Crippen molar-refractivity contribution in [1.82, 2.24) is 5.32 Å². The first-order chi connectivity index (χ1) is 8.37. The Morgan fingerprint density at radius 3 is 2.33 bits per heavy atom. The summed E-state index contributed by atoms with van der Waals surface area (Å²) in [5.41, 5.74) is 6.07. The summed E-state index contributed by atoms with van der Waals surface area (Å²) in [6.07, 6.45) is 0.347. The van der Waals surface area contributed by atoms with Gasteiger partial charge in [-0.3, -0.25) is 4.79 Å². The first-order valence-electron chi connectivity index (χ1n) is 5.59. The van der Waals surface area contributed by atoms with E-state index in [1.807, 2.05) is 12.1 Å². The molecule has 1 atom stereocenters. The highest BCUT2D eigenvalue weighted by Gasteiger charge is 2.35. The van der Waals surface area contributed by atoms with Gasteiger partial charge in [0.25, 0.3) is 0 Å². The standard InChI is InChI=1S/C13H18N2O3/c1-9(16)15-13(2,12(17)18-3)8-10-4-6-11(14)7-5-10/h4-7H,8,14H2,1-3H3,(H,15,16). The number of carbonyl (C=O) groups is 2. The number of nitrogens with two attached hydrogens (primary N) is 1. The summed E-state index contributed by atoms with van der Waals surface area (Å²) in [5, 5.41) is 2.63. The number of nitrogen functional groups attached to an aromatic ring is 1. The van der Waals surface area contributed by atoms with Crippen LogP contribution in [-0.2, 0) is 20.7 Å². The first kappa shape index (κ1) is 14.0. The Morgan fingerprint density at radius 1 is 1.33 bits per heavy atom. The fourth-order valence-corrected chi connectivity index (χ4v) is 1.82. The van der Waals surface area contributed by atoms with Gasteiger partial charge in [0, 0.05) is 19.0 Å². The molecule has 18 heavy (non-hydrogen) atoms. The third-order valence-electron chi connectivity index (χ3n) is 2.63. The molecule has 1 amide bonds. The number of hydrogen-bond acceptors (Lipinski definition) is 4. The van der Waals surface area contributed by atoms with E-state index >= 15 is 0 Å². The summed E-state index contributed by atoms with van der Waals surface area (Å²) in [4.78, 5) is 23.0. The second-order valence-electron chi connectivity index (χ2n) is 4.42. The van der Waals surface area contributed by atoms with Crippen LogP contribution >= 0.6 is 0 Å². The van der Waals surface area contributed by atoms with Crippen LogP contribution < -0.4 is 11.1 Å². The number of nitrogens with one attached hydrogen (secondary N) is 1. The van der Waals surface area contributed by atoms with Crippen LogP contribution in [0.5, 0.6) is 0 Å². The molecule has 0 aliphatic carbocycles. The molecule has 1 aromatic rings. The van der Waals surface area contributed by atoms with E-state index in [0.717, 1.165) is 5.56 Å². The number of carbonyl (C=O) groups excluding carboxylic acids is 2. The van der Waals surface area contributed by atoms with Crippen molar-refractivity contribution in [2.45, 2.75) is 25.8 Å². The van der Waals surface area contributed by atoms with Crippen molar-refractivity contribution < 1.29 is 14.3 Å². The number of anilines is 1. The van der Waals surface area contributed by atoms with Crippen molar-refractivity contribution >= 4 is 17.6 Å². The minimum atomic E-state index is -1.07. The molecule has 0 saturated heterocycles. The number of rotatable bonds is 4. The molecule has 5 nitrogen and oxygen atoms in total. The van der Waals surface area contributed by atoms with Crippen LogP contribution in [0.15, 0.2) is 24.3 Å². The number of benzene rings is 1. The monoisotopic (exact) mass is 250 g/mol. The second-order valence-corrected chi connectivity index (χ2v) is 4.42. The van der Waals surface area contributed by atoms with Crippen LogP contribution in [0.25, 0.3) is 0 Å². The highest BCUT2D eigenvalue weighted by Crippen LogP contribution is 2.16. The molecule has 0 aliphatic heterocycles. The Kier molecular flexibility index (Phi) is 4.31. The van der Waals surface area contributed by atoms with E-state index in [2.05, 4.69) is 5.32 Å².